The maximum Gasteiger partial charge on any atom is 0.108 e. The monoisotopic (exact) mass is 321 g/mol. The van der Waals surface area contributed by atoms with E-state index in [2.05, 4.69) is 21.2 Å². The van der Waals surface area contributed by atoms with Crippen LogP contribution < -0.4 is 5.32 Å². The average Bonchev–Trinajstić information content (AvgIpc) is 2.47. The molecule has 0 spiro atoms. The van der Waals surface area contributed by atoms with Crippen LogP contribution in [0.25, 0.3) is 0 Å². The fraction of sp³-hybridized carbons (Fsp3) is 0.200. The molecule has 0 heterocycles. The van der Waals surface area contributed by atoms with Gasteiger partial charge in [-0.15, -0.1) is 0 Å². The van der Waals surface area contributed by atoms with Crippen molar-refractivity contribution >= 4 is 27.3 Å². The Morgan fingerprint density at radius 2 is 1.58 bits per heavy atom. The second-order valence-corrected chi connectivity index (χ2v) is 4.89. The maximum absolute atomic E-state index is 10.1. The minimum absolute atomic E-state index is 0.327. The summed E-state index contributed by atoms with van der Waals surface area (Å²) in [5.41, 5.74) is 2.41. The van der Waals surface area contributed by atoms with Crippen molar-refractivity contribution in [2.24, 2.45) is 0 Å². The first-order valence-corrected chi connectivity index (χ1v) is 7.17. The number of anilines is 2. The molecule has 2 unspecified atom stereocenters. The number of benzene rings is 2. The van der Waals surface area contributed by atoms with Crippen molar-refractivity contribution in [3.05, 3.63) is 60.2 Å². The first-order chi connectivity index (χ1) is 9.22. The summed E-state index contributed by atoms with van der Waals surface area (Å²) in [5, 5.41) is 23.4. The number of hydrogen-bond acceptors (Lipinski definition) is 3. The lowest BCUT2D eigenvalue weighted by Crippen LogP contribution is -2.20. The molecule has 2 aromatic carbocycles. The molecule has 19 heavy (non-hydrogen) atoms. The molecule has 2 aromatic rings. The lowest BCUT2D eigenvalue weighted by Gasteiger charge is -2.20. The Bertz CT molecular complexity index is 519. The Hall–Kier alpha value is -1.36. The molecule has 0 fully saturated rings. The number of nitrogens with one attached hydrogen (secondary N) is 1. The third-order valence-corrected chi connectivity index (χ3v) is 3.52. The molecule has 0 aliphatic rings. The topological polar surface area (TPSA) is 52.5 Å². The van der Waals surface area contributed by atoms with Gasteiger partial charge in [0.2, 0.25) is 0 Å². The van der Waals surface area contributed by atoms with E-state index in [4.69, 9.17) is 0 Å². The van der Waals surface area contributed by atoms with Crippen LogP contribution in [0.3, 0.4) is 0 Å². The Morgan fingerprint density at radius 1 is 0.947 bits per heavy atom. The molecule has 3 nitrogen and oxygen atoms in total. The van der Waals surface area contributed by atoms with Gasteiger partial charge in [0.15, 0.2) is 0 Å². The van der Waals surface area contributed by atoms with Gasteiger partial charge in [-0.2, -0.15) is 0 Å². The Morgan fingerprint density at radius 3 is 2.26 bits per heavy atom. The highest BCUT2D eigenvalue weighted by molar-refractivity contribution is 9.09. The Kier molecular flexibility index (Phi) is 4.96. The number of para-hydroxylation sites is 2. The Balaban J connectivity index is 2.26. The first-order valence-electron chi connectivity index (χ1n) is 6.05. The van der Waals surface area contributed by atoms with Crippen molar-refractivity contribution in [3.8, 4) is 0 Å². The molecule has 0 aliphatic carbocycles. The first kappa shape index (κ1) is 14.1. The summed E-state index contributed by atoms with van der Waals surface area (Å²) < 4.78 is 0. The standard InChI is InChI=1S/C15H16BrNO2/c16-10-14(18)15(19)12-8-4-5-9-13(12)17-11-6-2-1-3-7-11/h1-9,14-15,17-19H,10H2. The van der Waals surface area contributed by atoms with E-state index < -0.39 is 12.2 Å². The van der Waals surface area contributed by atoms with Crippen LogP contribution >= 0.6 is 15.9 Å². The molecule has 4 heteroatoms. The van der Waals surface area contributed by atoms with Gasteiger partial charge >= 0.3 is 0 Å². The van der Waals surface area contributed by atoms with Gasteiger partial charge in [-0.05, 0) is 18.2 Å². The van der Waals surface area contributed by atoms with Gasteiger partial charge in [0, 0.05) is 22.3 Å². The molecule has 100 valence electrons. The van der Waals surface area contributed by atoms with Crippen LogP contribution in [0.2, 0.25) is 0 Å². The second-order valence-electron chi connectivity index (χ2n) is 4.24. The van der Waals surface area contributed by atoms with Crippen molar-refractivity contribution in [2.45, 2.75) is 12.2 Å². The van der Waals surface area contributed by atoms with E-state index in [1.54, 1.807) is 0 Å². The van der Waals surface area contributed by atoms with Crippen molar-refractivity contribution < 1.29 is 10.2 Å². The average molecular weight is 322 g/mol. The van der Waals surface area contributed by atoms with Crippen LogP contribution in [0.1, 0.15) is 11.7 Å². The van der Waals surface area contributed by atoms with E-state index in [9.17, 15) is 10.2 Å². The van der Waals surface area contributed by atoms with Crippen molar-refractivity contribution in [1.29, 1.82) is 0 Å². The predicted molar refractivity (Wildman–Crippen MR) is 80.9 cm³/mol. The minimum Gasteiger partial charge on any atom is -0.389 e. The molecule has 2 rings (SSSR count). The molecule has 0 saturated carbocycles. The largest absolute Gasteiger partial charge is 0.389 e. The molecular formula is C15H16BrNO2. The molecule has 0 saturated heterocycles. The van der Waals surface area contributed by atoms with Gasteiger partial charge in [0.05, 0.1) is 6.10 Å². The van der Waals surface area contributed by atoms with E-state index in [-0.39, 0.29) is 0 Å². The van der Waals surface area contributed by atoms with Gasteiger partial charge in [0.1, 0.15) is 6.10 Å². The zero-order chi connectivity index (χ0) is 13.7. The van der Waals surface area contributed by atoms with E-state index in [1.807, 2.05) is 54.6 Å². The van der Waals surface area contributed by atoms with Crippen LogP contribution in [0.4, 0.5) is 11.4 Å². The van der Waals surface area contributed by atoms with Crippen LogP contribution in [0.15, 0.2) is 54.6 Å². The maximum atomic E-state index is 10.1. The lowest BCUT2D eigenvalue weighted by atomic mass is 10.0. The summed E-state index contributed by atoms with van der Waals surface area (Å²) in [5.74, 6) is 0. The van der Waals surface area contributed by atoms with E-state index in [0.717, 1.165) is 11.4 Å². The summed E-state index contributed by atoms with van der Waals surface area (Å²) in [6.45, 7) is 0. The van der Waals surface area contributed by atoms with Crippen LogP contribution in [-0.2, 0) is 0 Å². The van der Waals surface area contributed by atoms with E-state index >= 15 is 0 Å². The quantitative estimate of drug-likeness (QED) is 0.741. The third-order valence-electron chi connectivity index (χ3n) is 2.85. The molecule has 0 radical (unpaired) electrons. The van der Waals surface area contributed by atoms with Crippen molar-refractivity contribution in [3.63, 3.8) is 0 Å². The van der Waals surface area contributed by atoms with Gasteiger partial charge < -0.3 is 15.5 Å². The van der Waals surface area contributed by atoms with Crippen molar-refractivity contribution in [1.82, 2.24) is 0 Å². The van der Waals surface area contributed by atoms with Crippen molar-refractivity contribution in [2.75, 3.05) is 10.6 Å². The number of aliphatic hydroxyl groups excluding tert-OH is 2. The van der Waals surface area contributed by atoms with Gasteiger partial charge in [0.25, 0.3) is 0 Å². The van der Waals surface area contributed by atoms with Gasteiger partial charge in [-0.1, -0.05) is 52.3 Å². The SMILES string of the molecule is OC(CBr)C(O)c1ccccc1Nc1ccccc1. The smallest absolute Gasteiger partial charge is 0.108 e. The van der Waals surface area contributed by atoms with Crippen LogP contribution in [0.5, 0.6) is 0 Å². The number of aliphatic hydroxyl groups is 2. The summed E-state index contributed by atoms with van der Waals surface area (Å²) >= 11 is 3.17. The van der Waals surface area contributed by atoms with Crippen LogP contribution in [-0.4, -0.2) is 21.6 Å². The third kappa shape index (κ3) is 3.56. The molecular weight excluding hydrogens is 306 g/mol. The number of hydrogen-bond donors (Lipinski definition) is 3. The Labute approximate surface area is 121 Å². The summed E-state index contributed by atoms with van der Waals surface area (Å²) in [7, 11) is 0. The zero-order valence-electron chi connectivity index (χ0n) is 10.3. The molecule has 0 aliphatic heterocycles. The van der Waals surface area contributed by atoms with E-state index in [1.165, 1.54) is 0 Å². The lowest BCUT2D eigenvalue weighted by molar-refractivity contribution is 0.0347. The fourth-order valence-corrected chi connectivity index (χ4v) is 2.19. The molecule has 3 N–H and O–H groups in total. The summed E-state index contributed by atoms with van der Waals surface area (Å²) in [4.78, 5) is 0. The minimum atomic E-state index is -0.924. The highest BCUT2D eigenvalue weighted by atomic mass is 79.9. The fourth-order valence-electron chi connectivity index (χ4n) is 1.84. The predicted octanol–water partition coefficient (Wildman–Crippen LogP) is 3.22. The summed E-state index contributed by atoms with van der Waals surface area (Å²) in [6, 6.07) is 17.1. The number of rotatable bonds is 5. The molecule has 0 aromatic heterocycles. The molecule has 2 atom stereocenters. The zero-order valence-corrected chi connectivity index (χ0v) is 11.9. The normalized spacial score (nSPS) is 13.8. The number of alkyl halides is 1. The van der Waals surface area contributed by atoms with Gasteiger partial charge in [-0.3, -0.25) is 0 Å². The van der Waals surface area contributed by atoms with Gasteiger partial charge in [-0.25, -0.2) is 0 Å². The summed E-state index contributed by atoms with van der Waals surface area (Å²) in [6.07, 6.45) is -1.76. The molecule has 0 amide bonds. The second kappa shape index (κ2) is 6.70. The van der Waals surface area contributed by atoms with E-state index in [0.29, 0.717) is 10.9 Å². The van der Waals surface area contributed by atoms with Crippen LogP contribution in [0, 0.1) is 0 Å². The molecule has 0 bridgehead atoms. The number of halogens is 1. The highest BCUT2D eigenvalue weighted by Crippen LogP contribution is 2.28. The highest BCUT2D eigenvalue weighted by Gasteiger charge is 2.19.